The van der Waals surface area contributed by atoms with Gasteiger partial charge in [0.25, 0.3) is 0 Å². The molecule has 0 radical (unpaired) electrons. The Morgan fingerprint density at radius 1 is 1.29 bits per heavy atom. The minimum atomic E-state index is -0.0581. The number of aryl methyl sites for hydroxylation is 2. The molecule has 28 heavy (non-hydrogen) atoms. The Bertz CT molecular complexity index is 765. The number of benzene rings is 1. The summed E-state index contributed by atoms with van der Waals surface area (Å²) in [5.74, 6) is 1.57. The molecule has 1 fully saturated rings. The van der Waals surface area contributed by atoms with Gasteiger partial charge in [0.2, 0.25) is 5.91 Å². The van der Waals surface area contributed by atoms with Crippen molar-refractivity contribution in [2.45, 2.75) is 53.0 Å². The van der Waals surface area contributed by atoms with Crippen LogP contribution in [0.15, 0.2) is 24.3 Å². The second kappa shape index (κ2) is 10.0. The number of anilines is 1. The van der Waals surface area contributed by atoms with Crippen LogP contribution in [0.4, 0.5) is 5.13 Å². The molecule has 1 amide bonds. The number of amides is 1. The summed E-state index contributed by atoms with van der Waals surface area (Å²) >= 11 is 1.59. The number of rotatable bonds is 8. The Morgan fingerprint density at radius 2 is 2.00 bits per heavy atom. The van der Waals surface area contributed by atoms with Gasteiger partial charge in [-0.2, -0.15) is 0 Å². The minimum absolute atomic E-state index is 0.0581. The first kappa shape index (κ1) is 20.8. The molecule has 6 heteroatoms. The van der Waals surface area contributed by atoms with E-state index in [9.17, 15) is 4.79 Å². The molecule has 5 nitrogen and oxygen atoms in total. The first-order valence-corrected chi connectivity index (χ1v) is 11.1. The number of piperidine rings is 1. The lowest BCUT2D eigenvalue weighted by atomic mass is 9.99. The zero-order valence-corrected chi connectivity index (χ0v) is 18.0. The molecule has 2 aromatic rings. The summed E-state index contributed by atoms with van der Waals surface area (Å²) in [6.07, 6.45) is 3.85. The van der Waals surface area contributed by atoms with E-state index < -0.39 is 0 Å². The normalized spacial score (nSPS) is 15.5. The lowest BCUT2D eigenvalue weighted by Crippen LogP contribution is -2.32. The Balaban J connectivity index is 1.43. The third-order valence-electron chi connectivity index (χ3n) is 5.31. The summed E-state index contributed by atoms with van der Waals surface area (Å²) in [6, 6.07) is 8.01. The maximum absolute atomic E-state index is 12.2. The van der Waals surface area contributed by atoms with Gasteiger partial charge in [-0.1, -0.05) is 26.0 Å². The number of likely N-dealkylation sites (tertiary alicyclic amines) is 1. The van der Waals surface area contributed by atoms with Gasteiger partial charge in [0.1, 0.15) is 5.75 Å². The van der Waals surface area contributed by atoms with Crippen LogP contribution < -0.4 is 10.1 Å². The molecule has 1 N–H and O–H groups in total. The molecule has 0 aliphatic carbocycles. The van der Waals surface area contributed by atoms with Gasteiger partial charge in [0.15, 0.2) is 5.13 Å². The third-order valence-corrected chi connectivity index (χ3v) is 6.37. The fraction of sp³-hybridized carbons (Fsp3) is 0.545. The van der Waals surface area contributed by atoms with E-state index in [1.807, 2.05) is 19.1 Å². The first-order valence-electron chi connectivity index (χ1n) is 10.2. The average Bonchev–Trinajstić information content (AvgIpc) is 3.03. The van der Waals surface area contributed by atoms with Crippen LogP contribution in [0, 0.1) is 12.8 Å². The topological polar surface area (TPSA) is 54.5 Å². The summed E-state index contributed by atoms with van der Waals surface area (Å²) in [4.78, 5) is 20.5. The Labute approximate surface area is 172 Å². The number of hydrogen-bond donors (Lipinski definition) is 1. The van der Waals surface area contributed by atoms with Crippen molar-refractivity contribution in [3.8, 4) is 5.75 Å². The molecule has 0 saturated carbocycles. The van der Waals surface area contributed by atoms with Crippen molar-refractivity contribution in [3.63, 3.8) is 0 Å². The SMILES string of the molecule is CCc1ccc(OCCC(=O)Nc2nc(C)c(CN3CCC(C)CC3)s2)cc1. The second-order valence-electron chi connectivity index (χ2n) is 7.63. The van der Waals surface area contributed by atoms with Gasteiger partial charge in [-0.05, 0) is 62.9 Å². The Hall–Kier alpha value is -1.92. The Kier molecular flexibility index (Phi) is 7.45. The number of ether oxygens (including phenoxy) is 1. The van der Waals surface area contributed by atoms with E-state index in [1.54, 1.807) is 11.3 Å². The first-order chi connectivity index (χ1) is 13.5. The van der Waals surface area contributed by atoms with E-state index in [2.05, 4.69) is 41.2 Å². The van der Waals surface area contributed by atoms with Crippen LogP contribution in [0.5, 0.6) is 5.75 Å². The molecule has 2 heterocycles. The second-order valence-corrected chi connectivity index (χ2v) is 8.71. The van der Waals surface area contributed by atoms with E-state index in [0.29, 0.717) is 18.2 Å². The molecule has 0 unspecified atom stereocenters. The van der Waals surface area contributed by atoms with Crippen LogP contribution in [-0.2, 0) is 17.8 Å². The molecule has 152 valence electrons. The smallest absolute Gasteiger partial charge is 0.229 e. The standard InChI is InChI=1S/C22H31N3O2S/c1-4-18-5-7-19(8-6-18)27-14-11-21(26)24-22-23-17(3)20(28-22)15-25-12-9-16(2)10-13-25/h5-8,16H,4,9-15H2,1-3H3,(H,23,24,26). The molecule has 1 aliphatic heterocycles. The molecule has 0 atom stereocenters. The van der Waals surface area contributed by atoms with Crippen molar-refractivity contribution < 1.29 is 9.53 Å². The Morgan fingerprint density at radius 3 is 2.68 bits per heavy atom. The fourth-order valence-corrected chi connectivity index (χ4v) is 4.34. The highest BCUT2D eigenvalue weighted by atomic mass is 32.1. The molecule has 1 aromatic carbocycles. The quantitative estimate of drug-likeness (QED) is 0.699. The van der Waals surface area contributed by atoms with Crippen LogP contribution in [-0.4, -0.2) is 35.5 Å². The number of carbonyl (C=O) groups excluding carboxylic acids is 1. The molecule has 1 aliphatic rings. The van der Waals surface area contributed by atoms with Gasteiger partial charge in [0.05, 0.1) is 18.7 Å². The molecule has 1 saturated heterocycles. The van der Waals surface area contributed by atoms with Gasteiger partial charge in [-0.3, -0.25) is 9.69 Å². The van der Waals surface area contributed by atoms with E-state index in [0.717, 1.165) is 43.4 Å². The number of nitrogens with one attached hydrogen (secondary N) is 1. The highest BCUT2D eigenvalue weighted by molar-refractivity contribution is 7.15. The maximum atomic E-state index is 12.2. The molecule has 0 spiro atoms. The van der Waals surface area contributed by atoms with E-state index in [1.165, 1.54) is 23.3 Å². The van der Waals surface area contributed by atoms with E-state index >= 15 is 0 Å². The van der Waals surface area contributed by atoms with Crippen LogP contribution in [0.3, 0.4) is 0 Å². The third kappa shape index (κ3) is 6.04. The summed E-state index contributed by atoms with van der Waals surface area (Å²) in [6.45, 7) is 10.1. The van der Waals surface area contributed by atoms with Crippen molar-refractivity contribution in [2.75, 3.05) is 25.0 Å². The van der Waals surface area contributed by atoms with E-state index in [-0.39, 0.29) is 5.91 Å². The van der Waals surface area contributed by atoms with Gasteiger partial charge >= 0.3 is 0 Å². The zero-order chi connectivity index (χ0) is 19.9. The van der Waals surface area contributed by atoms with Gasteiger partial charge in [0, 0.05) is 11.4 Å². The van der Waals surface area contributed by atoms with Crippen molar-refractivity contribution in [1.29, 1.82) is 0 Å². The van der Waals surface area contributed by atoms with Gasteiger partial charge < -0.3 is 10.1 Å². The minimum Gasteiger partial charge on any atom is -0.493 e. The number of thiazole rings is 1. The molecule has 0 bridgehead atoms. The predicted octanol–water partition coefficient (Wildman–Crippen LogP) is 4.65. The van der Waals surface area contributed by atoms with Crippen LogP contribution in [0.2, 0.25) is 0 Å². The fourth-order valence-electron chi connectivity index (χ4n) is 3.32. The highest BCUT2D eigenvalue weighted by Gasteiger charge is 2.18. The van der Waals surface area contributed by atoms with Crippen LogP contribution in [0.1, 0.15) is 49.2 Å². The number of hydrogen-bond acceptors (Lipinski definition) is 5. The maximum Gasteiger partial charge on any atom is 0.229 e. The largest absolute Gasteiger partial charge is 0.493 e. The number of aromatic nitrogens is 1. The number of nitrogens with zero attached hydrogens (tertiary/aromatic N) is 2. The summed E-state index contributed by atoms with van der Waals surface area (Å²) in [5, 5.41) is 3.61. The highest BCUT2D eigenvalue weighted by Crippen LogP contribution is 2.26. The molecule has 1 aromatic heterocycles. The molecule has 3 rings (SSSR count). The molecular weight excluding hydrogens is 370 g/mol. The summed E-state index contributed by atoms with van der Waals surface area (Å²) in [5.41, 5.74) is 2.30. The number of carbonyl (C=O) groups is 1. The van der Waals surface area contributed by atoms with Crippen molar-refractivity contribution in [2.24, 2.45) is 5.92 Å². The van der Waals surface area contributed by atoms with Crippen LogP contribution >= 0.6 is 11.3 Å². The summed E-state index contributed by atoms with van der Waals surface area (Å²) < 4.78 is 5.67. The summed E-state index contributed by atoms with van der Waals surface area (Å²) in [7, 11) is 0. The zero-order valence-electron chi connectivity index (χ0n) is 17.2. The van der Waals surface area contributed by atoms with Crippen molar-refractivity contribution >= 4 is 22.4 Å². The predicted molar refractivity (Wildman–Crippen MR) is 115 cm³/mol. The lowest BCUT2D eigenvalue weighted by Gasteiger charge is -2.29. The van der Waals surface area contributed by atoms with Gasteiger partial charge in [-0.15, -0.1) is 11.3 Å². The monoisotopic (exact) mass is 401 g/mol. The van der Waals surface area contributed by atoms with Crippen LogP contribution in [0.25, 0.3) is 0 Å². The lowest BCUT2D eigenvalue weighted by molar-refractivity contribution is -0.116. The van der Waals surface area contributed by atoms with E-state index in [4.69, 9.17) is 4.74 Å². The average molecular weight is 402 g/mol. The van der Waals surface area contributed by atoms with Crippen molar-refractivity contribution in [3.05, 3.63) is 40.4 Å². The molecular formula is C22H31N3O2S. The van der Waals surface area contributed by atoms with Gasteiger partial charge in [-0.25, -0.2) is 4.98 Å². The van der Waals surface area contributed by atoms with Crippen molar-refractivity contribution in [1.82, 2.24) is 9.88 Å².